The molecule has 0 spiro atoms. The molecule has 0 aliphatic carbocycles. The Morgan fingerprint density at radius 3 is 2.81 bits per heavy atom. The molecule has 6 nitrogen and oxygen atoms in total. The van der Waals surface area contributed by atoms with Gasteiger partial charge in [-0.15, -0.1) is 5.10 Å². The molecule has 1 aromatic carbocycles. The maximum absolute atomic E-state index is 13.6. The number of unbranched alkanes of at least 4 members (excludes halogenated alkanes) is 1. The van der Waals surface area contributed by atoms with Gasteiger partial charge in [0.25, 0.3) is 0 Å². The van der Waals surface area contributed by atoms with Gasteiger partial charge in [-0.3, -0.25) is 4.68 Å². The number of benzene rings is 1. The molecule has 1 aromatic heterocycles. The van der Waals surface area contributed by atoms with Gasteiger partial charge >= 0.3 is 0 Å². The molecule has 9 heteroatoms. The standard InChI is InChI=1S/C12H14ClFN4O2S/c13-10-4-3-5-11(14)12(10)21(19,20)16-6-1-2-8-18-9-7-15-17-18/h3-5,7,9,16H,1-2,6,8H2. The van der Waals surface area contributed by atoms with Gasteiger partial charge in [0.05, 0.1) is 11.2 Å². The van der Waals surface area contributed by atoms with Crippen molar-refractivity contribution >= 4 is 21.6 Å². The summed E-state index contributed by atoms with van der Waals surface area (Å²) in [4.78, 5) is -0.511. The number of aromatic nitrogens is 3. The molecule has 0 saturated carbocycles. The van der Waals surface area contributed by atoms with E-state index in [1.807, 2.05) is 0 Å². The van der Waals surface area contributed by atoms with Crippen LogP contribution >= 0.6 is 11.6 Å². The van der Waals surface area contributed by atoms with Crippen LogP contribution < -0.4 is 4.72 Å². The van der Waals surface area contributed by atoms with Crippen molar-refractivity contribution in [1.82, 2.24) is 19.7 Å². The number of rotatable bonds is 7. The highest BCUT2D eigenvalue weighted by Gasteiger charge is 2.21. The zero-order valence-corrected chi connectivity index (χ0v) is 12.6. The van der Waals surface area contributed by atoms with Crippen molar-refractivity contribution < 1.29 is 12.8 Å². The second kappa shape index (κ2) is 6.97. The number of nitrogens with zero attached hydrogens (tertiary/aromatic N) is 3. The quantitative estimate of drug-likeness (QED) is 0.785. The van der Waals surface area contributed by atoms with E-state index in [2.05, 4.69) is 15.0 Å². The topological polar surface area (TPSA) is 76.9 Å². The van der Waals surface area contributed by atoms with E-state index in [0.717, 1.165) is 12.5 Å². The number of hydrogen-bond acceptors (Lipinski definition) is 4. The van der Waals surface area contributed by atoms with Gasteiger partial charge in [-0.2, -0.15) is 0 Å². The van der Waals surface area contributed by atoms with Crippen molar-refractivity contribution in [3.63, 3.8) is 0 Å². The summed E-state index contributed by atoms with van der Waals surface area (Å²) in [7, 11) is -3.95. The van der Waals surface area contributed by atoms with Gasteiger partial charge in [-0.05, 0) is 25.0 Å². The number of nitrogens with one attached hydrogen (secondary N) is 1. The molecule has 2 aromatic rings. The Labute approximate surface area is 127 Å². The summed E-state index contributed by atoms with van der Waals surface area (Å²) in [5.41, 5.74) is 0. The average Bonchev–Trinajstić information content (AvgIpc) is 2.91. The lowest BCUT2D eigenvalue weighted by molar-refractivity contribution is 0.529. The summed E-state index contributed by atoms with van der Waals surface area (Å²) in [6, 6.07) is 3.75. The van der Waals surface area contributed by atoms with Crippen LogP contribution in [-0.4, -0.2) is 30.0 Å². The fourth-order valence-electron chi connectivity index (χ4n) is 1.77. The summed E-state index contributed by atoms with van der Waals surface area (Å²) in [6.45, 7) is 0.837. The molecule has 0 aliphatic rings. The van der Waals surface area contributed by atoms with E-state index in [-0.39, 0.29) is 11.6 Å². The fourth-order valence-corrected chi connectivity index (χ4v) is 3.44. The third-order valence-electron chi connectivity index (χ3n) is 2.77. The van der Waals surface area contributed by atoms with Crippen LogP contribution in [-0.2, 0) is 16.6 Å². The number of hydrogen-bond donors (Lipinski definition) is 1. The number of aryl methyl sites for hydroxylation is 1. The van der Waals surface area contributed by atoms with Gasteiger partial charge in [-0.25, -0.2) is 17.5 Å². The zero-order valence-electron chi connectivity index (χ0n) is 11.0. The van der Waals surface area contributed by atoms with Gasteiger partial charge < -0.3 is 0 Å². The van der Waals surface area contributed by atoms with E-state index in [4.69, 9.17) is 11.6 Å². The summed E-state index contributed by atoms with van der Waals surface area (Å²) < 4.78 is 41.6. The smallest absolute Gasteiger partial charge is 0.244 e. The SMILES string of the molecule is O=S(=O)(NCCCCn1ccnn1)c1c(F)cccc1Cl. The normalized spacial score (nSPS) is 11.7. The minimum atomic E-state index is -3.95. The highest BCUT2D eigenvalue weighted by atomic mass is 35.5. The molecule has 0 aliphatic heterocycles. The van der Waals surface area contributed by atoms with Crippen LogP contribution in [0.3, 0.4) is 0 Å². The van der Waals surface area contributed by atoms with Crippen LogP contribution in [0.15, 0.2) is 35.5 Å². The van der Waals surface area contributed by atoms with Crippen LogP contribution in [0.2, 0.25) is 5.02 Å². The van der Waals surface area contributed by atoms with Gasteiger partial charge in [0.2, 0.25) is 10.0 Å². The van der Waals surface area contributed by atoms with Crippen molar-refractivity contribution in [3.05, 3.63) is 41.4 Å². The molecular formula is C12H14ClFN4O2S. The molecule has 0 unspecified atom stereocenters. The first-order valence-electron chi connectivity index (χ1n) is 6.28. The lowest BCUT2D eigenvalue weighted by Crippen LogP contribution is -2.26. The molecule has 114 valence electrons. The maximum Gasteiger partial charge on any atom is 0.244 e. The zero-order chi connectivity index (χ0) is 15.3. The first kappa shape index (κ1) is 15.9. The van der Waals surface area contributed by atoms with Gasteiger partial charge in [0, 0.05) is 19.3 Å². The number of sulfonamides is 1. The van der Waals surface area contributed by atoms with Gasteiger partial charge in [-0.1, -0.05) is 22.9 Å². The first-order valence-corrected chi connectivity index (χ1v) is 8.14. The molecule has 0 saturated heterocycles. The van der Waals surface area contributed by atoms with Gasteiger partial charge in [0.1, 0.15) is 10.7 Å². The van der Waals surface area contributed by atoms with Crippen LogP contribution in [0, 0.1) is 5.82 Å². The summed E-state index contributed by atoms with van der Waals surface area (Å²) in [5, 5.41) is 7.32. The Bertz CT molecular complexity index is 671. The Morgan fingerprint density at radius 1 is 1.33 bits per heavy atom. The fraction of sp³-hybridized carbons (Fsp3) is 0.333. The van der Waals surface area contributed by atoms with E-state index in [1.54, 1.807) is 17.1 Å². The van der Waals surface area contributed by atoms with Crippen molar-refractivity contribution in [2.24, 2.45) is 0 Å². The molecule has 0 amide bonds. The highest BCUT2D eigenvalue weighted by Crippen LogP contribution is 2.23. The molecule has 21 heavy (non-hydrogen) atoms. The average molecular weight is 333 g/mol. The van der Waals surface area contributed by atoms with E-state index in [9.17, 15) is 12.8 Å². The third kappa shape index (κ3) is 4.23. The first-order chi connectivity index (χ1) is 10.0. The molecule has 0 fully saturated rings. The molecular weight excluding hydrogens is 319 g/mol. The largest absolute Gasteiger partial charge is 0.253 e. The predicted octanol–water partition coefficient (Wildman–Crippen LogP) is 1.83. The van der Waals surface area contributed by atoms with E-state index >= 15 is 0 Å². The van der Waals surface area contributed by atoms with Crippen LogP contribution in [0.1, 0.15) is 12.8 Å². The third-order valence-corrected chi connectivity index (χ3v) is 4.73. The van der Waals surface area contributed by atoms with Crippen molar-refractivity contribution in [2.45, 2.75) is 24.3 Å². The Morgan fingerprint density at radius 2 is 2.14 bits per heavy atom. The molecule has 2 rings (SSSR count). The van der Waals surface area contributed by atoms with Crippen molar-refractivity contribution in [2.75, 3.05) is 6.54 Å². The van der Waals surface area contributed by atoms with E-state index in [0.29, 0.717) is 13.0 Å². The van der Waals surface area contributed by atoms with Crippen molar-refractivity contribution in [3.8, 4) is 0 Å². The summed E-state index contributed by atoms with van der Waals surface area (Å²) in [6.07, 6.45) is 4.61. The minimum absolute atomic E-state index is 0.134. The second-order valence-electron chi connectivity index (χ2n) is 4.32. The Balaban J connectivity index is 1.87. The second-order valence-corrected chi connectivity index (χ2v) is 6.43. The van der Waals surface area contributed by atoms with Crippen LogP contribution in [0.4, 0.5) is 4.39 Å². The monoisotopic (exact) mass is 332 g/mol. The van der Waals surface area contributed by atoms with Crippen molar-refractivity contribution in [1.29, 1.82) is 0 Å². The van der Waals surface area contributed by atoms with E-state index in [1.165, 1.54) is 12.1 Å². The lowest BCUT2D eigenvalue weighted by atomic mass is 10.3. The minimum Gasteiger partial charge on any atom is -0.253 e. The molecule has 0 bridgehead atoms. The molecule has 1 heterocycles. The van der Waals surface area contributed by atoms with Crippen LogP contribution in [0.25, 0.3) is 0 Å². The summed E-state index contributed by atoms with van der Waals surface area (Å²) in [5.74, 6) is -0.863. The highest BCUT2D eigenvalue weighted by molar-refractivity contribution is 7.89. The van der Waals surface area contributed by atoms with E-state index < -0.39 is 20.7 Å². The molecule has 1 N–H and O–H groups in total. The Hall–Kier alpha value is -1.51. The van der Waals surface area contributed by atoms with Gasteiger partial charge in [0.15, 0.2) is 0 Å². The summed E-state index contributed by atoms with van der Waals surface area (Å²) >= 11 is 5.74. The lowest BCUT2D eigenvalue weighted by Gasteiger charge is -2.09. The number of halogens is 2. The molecule has 0 radical (unpaired) electrons. The Kier molecular flexibility index (Phi) is 5.27. The van der Waals surface area contributed by atoms with Crippen LogP contribution in [0.5, 0.6) is 0 Å². The maximum atomic E-state index is 13.6. The molecule has 0 atom stereocenters. The predicted molar refractivity (Wildman–Crippen MR) is 75.9 cm³/mol.